The molecule has 1 aliphatic rings. The van der Waals surface area contributed by atoms with Gasteiger partial charge < -0.3 is 15.0 Å². The third kappa shape index (κ3) is 4.22. The summed E-state index contributed by atoms with van der Waals surface area (Å²) in [5.74, 6) is -1.64. The van der Waals surface area contributed by atoms with Crippen molar-refractivity contribution in [2.45, 2.75) is 33.3 Å². The van der Waals surface area contributed by atoms with Crippen LogP contribution in [0.1, 0.15) is 24.5 Å². The Hall–Kier alpha value is -3.15. The molecule has 6 nitrogen and oxygen atoms in total. The molecular formula is C22H24N2O4. The average molecular weight is 380 g/mol. The normalized spacial score (nSPS) is 17.3. The van der Waals surface area contributed by atoms with Crippen molar-refractivity contribution in [2.24, 2.45) is 5.92 Å². The zero-order valence-corrected chi connectivity index (χ0v) is 16.3. The molecule has 1 aliphatic heterocycles. The second-order valence-electron chi connectivity index (χ2n) is 7.06. The first-order valence-electron chi connectivity index (χ1n) is 9.30. The first-order valence-corrected chi connectivity index (χ1v) is 9.30. The fourth-order valence-electron chi connectivity index (χ4n) is 3.22. The fourth-order valence-corrected chi connectivity index (χ4v) is 3.22. The Morgan fingerprint density at radius 1 is 1.11 bits per heavy atom. The van der Waals surface area contributed by atoms with E-state index in [4.69, 9.17) is 4.74 Å². The molecule has 0 unspecified atom stereocenters. The van der Waals surface area contributed by atoms with E-state index in [2.05, 4.69) is 5.32 Å². The first-order chi connectivity index (χ1) is 13.4. The van der Waals surface area contributed by atoms with Crippen molar-refractivity contribution in [1.29, 1.82) is 0 Å². The molecule has 0 saturated carbocycles. The van der Waals surface area contributed by atoms with Gasteiger partial charge in [-0.15, -0.1) is 0 Å². The number of benzene rings is 2. The molecule has 0 radical (unpaired) electrons. The maximum atomic E-state index is 12.5. The molecule has 28 heavy (non-hydrogen) atoms. The van der Waals surface area contributed by atoms with Crippen LogP contribution >= 0.6 is 0 Å². The summed E-state index contributed by atoms with van der Waals surface area (Å²) < 4.78 is 5.32. The average Bonchev–Trinajstić information content (AvgIpc) is 3.06. The Morgan fingerprint density at radius 2 is 1.82 bits per heavy atom. The molecule has 2 atom stereocenters. The van der Waals surface area contributed by atoms with Gasteiger partial charge in [0.25, 0.3) is 5.91 Å². The van der Waals surface area contributed by atoms with E-state index in [1.807, 2.05) is 38.1 Å². The molecular weight excluding hydrogens is 356 g/mol. The van der Waals surface area contributed by atoms with Gasteiger partial charge in [-0.3, -0.25) is 14.4 Å². The second-order valence-corrected chi connectivity index (χ2v) is 7.06. The number of aryl methyl sites for hydroxylation is 1. The number of esters is 1. The summed E-state index contributed by atoms with van der Waals surface area (Å²) >= 11 is 0. The number of amides is 2. The number of anilines is 2. The minimum atomic E-state index is -0.947. The minimum absolute atomic E-state index is 0.0826. The number of hydrogen-bond donors (Lipinski definition) is 1. The largest absolute Gasteiger partial charge is 0.452 e. The van der Waals surface area contributed by atoms with Crippen molar-refractivity contribution in [3.05, 3.63) is 59.7 Å². The van der Waals surface area contributed by atoms with Crippen LogP contribution < -0.4 is 10.2 Å². The Bertz CT molecular complexity index is 895. The predicted molar refractivity (Wildman–Crippen MR) is 107 cm³/mol. The number of ether oxygens (including phenoxy) is 1. The van der Waals surface area contributed by atoms with E-state index in [1.165, 1.54) is 6.92 Å². The van der Waals surface area contributed by atoms with Gasteiger partial charge in [-0.1, -0.05) is 30.3 Å². The summed E-state index contributed by atoms with van der Waals surface area (Å²) in [5, 5.41) is 2.70. The smallest absolute Gasteiger partial charge is 0.312 e. The summed E-state index contributed by atoms with van der Waals surface area (Å²) in [4.78, 5) is 38.8. The van der Waals surface area contributed by atoms with Gasteiger partial charge in [0.15, 0.2) is 6.10 Å². The van der Waals surface area contributed by atoms with Gasteiger partial charge in [-0.2, -0.15) is 0 Å². The van der Waals surface area contributed by atoms with Crippen LogP contribution in [0.3, 0.4) is 0 Å². The monoisotopic (exact) mass is 380 g/mol. The number of nitrogens with zero attached hydrogens (tertiary/aromatic N) is 1. The number of carbonyl (C=O) groups excluding carboxylic acids is 3. The zero-order valence-electron chi connectivity index (χ0n) is 16.3. The van der Waals surface area contributed by atoms with E-state index < -0.39 is 23.9 Å². The third-order valence-electron chi connectivity index (χ3n) is 5.03. The summed E-state index contributed by atoms with van der Waals surface area (Å²) in [5.41, 5.74) is 3.55. The maximum absolute atomic E-state index is 12.5. The van der Waals surface area contributed by atoms with E-state index in [0.29, 0.717) is 5.69 Å². The lowest BCUT2D eigenvalue weighted by atomic mass is 10.1. The number of nitrogens with one attached hydrogen (secondary N) is 1. The van der Waals surface area contributed by atoms with Crippen LogP contribution in [0.5, 0.6) is 0 Å². The van der Waals surface area contributed by atoms with E-state index >= 15 is 0 Å². The standard InChI is InChI=1S/C22H24N2O4/c1-14-8-7-11-19(15(14)2)24-13-17(12-20(24)25)22(27)28-16(3)21(26)23-18-9-5-4-6-10-18/h4-11,16-17H,12-13H2,1-3H3,(H,23,26)/t16-,17-/m0/s1. The van der Waals surface area contributed by atoms with Crippen molar-refractivity contribution < 1.29 is 19.1 Å². The molecule has 1 saturated heterocycles. The zero-order chi connectivity index (χ0) is 20.3. The minimum Gasteiger partial charge on any atom is -0.452 e. The highest BCUT2D eigenvalue weighted by Gasteiger charge is 2.37. The lowest BCUT2D eigenvalue weighted by Gasteiger charge is -2.20. The lowest BCUT2D eigenvalue weighted by Crippen LogP contribution is -2.33. The highest BCUT2D eigenvalue weighted by Crippen LogP contribution is 2.30. The topological polar surface area (TPSA) is 75.7 Å². The first kappa shape index (κ1) is 19.6. The molecule has 1 fully saturated rings. The Kier molecular flexibility index (Phi) is 5.78. The van der Waals surface area contributed by atoms with E-state index in [0.717, 1.165) is 16.8 Å². The lowest BCUT2D eigenvalue weighted by molar-refractivity contribution is -0.157. The van der Waals surface area contributed by atoms with Crippen LogP contribution in [0.4, 0.5) is 11.4 Å². The Morgan fingerprint density at radius 3 is 2.54 bits per heavy atom. The molecule has 6 heteroatoms. The summed E-state index contributed by atoms with van der Waals surface area (Å²) in [6.07, 6.45) is -0.864. The van der Waals surface area contributed by atoms with Gasteiger partial charge in [-0.25, -0.2) is 0 Å². The molecule has 2 aromatic carbocycles. The number of carbonyl (C=O) groups is 3. The van der Waals surface area contributed by atoms with E-state index in [9.17, 15) is 14.4 Å². The number of para-hydroxylation sites is 1. The molecule has 0 aromatic heterocycles. The SMILES string of the molecule is Cc1cccc(N2C[C@@H](C(=O)O[C@@H](C)C(=O)Nc3ccccc3)CC2=O)c1C. The van der Waals surface area contributed by atoms with Crippen molar-refractivity contribution in [1.82, 2.24) is 0 Å². The van der Waals surface area contributed by atoms with Gasteiger partial charge in [-0.05, 0) is 50.1 Å². The van der Waals surface area contributed by atoms with Gasteiger partial charge in [0.1, 0.15) is 0 Å². The van der Waals surface area contributed by atoms with Gasteiger partial charge in [0.2, 0.25) is 5.91 Å². The number of rotatable bonds is 5. The fraction of sp³-hybridized carbons (Fsp3) is 0.318. The van der Waals surface area contributed by atoms with E-state index in [-0.39, 0.29) is 18.9 Å². The van der Waals surface area contributed by atoms with Crippen molar-refractivity contribution >= 4 is 29.2 Å². The van der Waals surface area contributed by atoms with Crippen LogP contribution in [0.2, 0.25) is 0 Å². The van der Waals surface area contributed by atoms with Crippen molar-refractivity contribution in [3.8, 4) is 0 Å². The highest BCUT2D eigenvalue weighted by molar-refractivity contribution is 6.01. The van der Waals surface area contributed by atoms with Crippen molar-refractivity contribution in [3.63, 3.8) is 0 Å². The predicted octanol–water partition coefficient (Wildman–Crippen LogP) is 3.23. The Balaban J connectivity index is 1.61. The van der Waals surface area contributed by atoms with Crippen LogP contribution in [-0.4, -0.2) is 30.4 Å². The van der Waals surface area contributed by atoms with Crippen LogP contribution in [0.15, 0.2) is 48.5 Å². The molecule has 3 rings (SSSR count). The quantitative estimate of drug-likeness (QED) is 0.808. The second kappa shape index (κ2) is 8.25. The molecule has 2 aromatic rings. The van der Waals surface area contributed by atoms with Crippen LogP contribution in [0, 0.1) is 19.8 Å². The maximum Gasteiger partial charge on any atom is 0.312 e. The molecule has 2 amide bonds. The van der Waals surface area contributed by atoms with Crippen molar-refractivity contribution in [2.75, 3.05) is 16.8 Å². The molecule has 146 valence electrons. The van der Waals surface area contributed by atoms with Gasteiger partial charge in [0.05, 0.1) is 5.92 Å². The van der Waals surface area contributed by atoms with Crippen LogP contribution in [-0.2, 0) is 19.1 Å². The summed E-state index contributed by atoms with van der Waals surface area (Å²) in [7, 11) is 0. The molecule has 0 aliphatic carbocycles. The molecule has 0 spiro atoms. The summed E-state index contributed by atoms with van der Waals surface area (Å²) in [6, 6.07) is 14.7. The van der Waals surface area contributed by atoms with E-state index in [1.54, 1.807) is 29.2 Å². The van der Waals surface area contributed by atoms with Crippen LogP contribution in [0.25, 0.3) is 0 Å². The van der Waals surface area contributed by atoms with Gasteiger partial charge >= 0.3 is 5.97 Å². The Labute approximate surface area is 164 Å². The number of hydrogen-bond acceptors (Lipinski definition) is 4. The highest BCUT2D eigenvalue weighted by atomic mass is 16.5. The third-order valence-corrected chi connectivity index (χ3v) is 5.03. The molecule has 0 bridgehead atoms. The molecule has 1 N–H and O–H groups in total. The van der Waals surface area contributed by atoms with Gasteiger partial charge in [0, 0.05) is 24.3 Å². The summed E-state index contributed by atoms with van der Waals surface area (Å²) in [6.45, 7) is 5.72. The molecule has 1 heterocycles.